The van der Waals surface area contributed by atoms with Crippen LogP contribution in [-0.4, -0.2) is 17.4 Å². The monoisotopic (exact) mass is 184 g/mol. The standard InChI is InChI=1S/C10H9BN2O/c1-6-3-4-8-9(5-6)12-7(2)13(11)10(8)14/h3-5H,1-2H3. The molecule has 0 amide bonds. The summed E-state index contributed by atoms with van der Waals surface area (Å²) in [6.45, 7) is 3.67. The van der Waals surface area contributed by atoms with E-state index in [1.54, 1.807) is 13.0 Å². The molecule has 0 aliphatic carbocycles. The Morgan fingerprint density at radius 2 is 2.07 bits per heavy atom. The molecule has 1 aromatic heterocycles. The van der Waals surface area contributed by atoms with Gasteiger partial charge in [-0.3, -0.25) is 4.79 Å². The van der Waals surface area contributed by atoms with E-state index >= 15 is 0 Å². The largest absolute Gasteiger partial charge is 0.354 e. The lowest BCUT2D eigenvalue weighted by atomic mass is 10.1. The van der Waals surface area contributed by atoms with Gasteiger partial charge in [-0.2, -0.15) is 0 Å². The van der Waals surface area contributed by atoms with Crippen molar-refractivity contribution in [3.63, 3.8) is 0 Å². The first kappa shape index (κ1) is 9.00. The van der Waals surface area contributed by atoms with Crippen LogP contribution >= 0.6 is 0 Å². The Morgan fingerprint density at radius 3 is 2.79 bits per heavy atom. The van der Waals surface area contributed by atoms with E-state index < -0.39 is 0 Å². The molecule has 3 nitrogen and oxygen atoms in total. The fourth-order valence-corrected chi connectivity index (χ4v) is 1.42. The molecule has 4 heteroatoms. The third-order valence-electron chi connectivity index (χ3n) is 2.23. The summed E-state index contributed by atoms with van der Waals surface area (Å²) in [5, 5.41) is 0.559. The molecule has 0 N–H and O–H groups in total. The smallest absolute Gasteiger partial charge is 0.248 e. The van der Waals surface area contributed by atoms with E-state index in [2.05, 4.69) is 4.98 Å². The van der Waals surface area contributed by atoms with Crippen LogP contribution in [0.25, 0.3) is 10.9 Å². The molecule has 14 heavy (non-hydrogen) atoms. The highest BCUT2D eigenvalue weighted by Gasteiger charge is 2.03. The van der Waals surface area contributed by atoms with Gasteiger partial charge in [0, 0.05) is 0 Å². The Balaban J connectivity index is 2.98. The summed E-state index contributed by atoms with van der Waals surface area (Å²) >= 11 is 0. The van der Waals surface area contributed by atoms with Crippen LogP contribution in [0, 0.1) is 13.8 Å². The van der Waals surface area contributed by atoms with Crippen molar-refractivity contribution >= 4 is 18.9 Å². The zero-order valence-corrected chi connectivity index (χ0v) is 8.11. The molecule has 2 rings (SSSR count). The number of hydrogen-bond acceptors (Lipinski definition) is 2. The van der Waals surface area contributed by atoms with Crippen LogP contribution in [-0.2, 0) is 0 Å². The van der Waals surface area contributed by atoms with E-state index in [0.717, 1.165) is 10.0 Å². The minimum absolute atomic E-state index is 0.201. The van der Waals surface area contributed by atoms with Crippen molar-refractivity contribution in [1.29, 1.82) is 0 Å². The van der Waals surface area contributed by atoms with Gasteiger partial charge in [-0.05, 0) is 31.5 Å². The highest BCUT2D eigenvalue weighted by Crippen LogP contribution is 2.09. The van der Waals surface area contributed by atoms with Crippen LogP contribution in [0.5, 0.6) is 0 Å². The van der Waals surface area contributed by atoms with Crippen molar-refractivity contribution in [2.24, 2.45) is 0 Å². The molecule has 1 heterocycles. The second kappa shape index (κ2) is 2.98. The average molecular weight is 184 g/mol. The number of aryl methyl sites for hydroxylation is 2. The molecule has 0 aliphatic rings. The Bertz CT molecular complexity index is 560. The lowest BCUT2D eigenvalue weighted by Gasteiger charge is -2.05. The fraction of sp³-hybridized carbons (Fsp3) is 0.200. The molecule has 0 bridgehead atoms. The van der Waals surface area contributed by atoms with Crippen molar-refractivity contribution in [2.45, 2.75) is 13.8 Å². The first-order chi connectivity index (χ1) is 6.59. The lowest BCUT2D eigenvalue weighted by Crippen LogP contribution is -2.22. The number of hydrogen-bond donors (Lipinski definition) is 0. The van der Waals surface area contributed by atoms with Crippen molar-refractivity contribution < 1.29 is 0 Å². The summed E-state index contributed by atoms with van der Waals surface area (Å²) in [6.07, 6.45) is 0. The fourth-order valence-electron chi connectivity index (χ4n) is 1.42. The quantitative estimate of drug-likeness (QED) is 0.571. The third kappa shape index (κ3) is 1.23. The summed E-state index contributed by atoms with van der Waals surface area (Å²) in [5.41, 5.74) is 1.58. The van der Waals surface area contributed by atoms with Crippen LogP contribution < -0.4 is 5.56 Å². The molecule has 2 radical (unpaired) electrons. The minimum Gasteiger partial charge on any atom is -0.354 e. The molecule has 0 unspecified atom stereocenters. The Labute approximate surface area is 82.8 Å². The molecule has 68 valence electrons. The molecule has 1 aromatic carbocycles. The highest BCUT2D eigenvalue weighted by molar-refractivity contribution is 6.07. The van der Waals surface area contributed by atoms with E-state index in [0.29, 0.717) is 16.7 Å². The molecule has 0 aliphatic heterocycles. The summed E-state index contributed by atoms with van der Waals surface area (Å²) in [4.78, 5) is 15.9. The second-order valence-electron chi connectivity index (χ2n) is 3.35. The van der Waals surface area contributed by atoms with E-state index in [-0.39, 0.29) is 5.56 Å². The van der Waals surface area contributed by atoms with Gasteiger partial charge in [0.2, 0.25) is 13.5 Å². The Morgan fingerprint density at radius 1 is 1.36 bits per heavy atom. The zero-order valence-electron chi connectivity index (χ0n) is 8.11. The summed E-state index contributed by atoms with van der Waals surface area (Å²) in [5.74, 6) is 0.521. The molecule has 0 fully saturated rings. The maximum Gasteiger partial charge on any atom is 0.248 e. The molecule has 0 saturated carbocycles. The van der Waals surface area contributed by atoms with Gasteiger partial charge in [0.25, 0.3) is 0 Å². The summed E-state index contributed by atoms with van der Waals surface area (Å²) in [6, 6.07) is 5.51. The third-order valence-corrected chi connectivity index (χ3v) is 2.23. The van der Waals surface area contributed by atoms with Gasteiger partial charge >= 0.3 is 0 Å². The molecular formula is C10H9BN2O. The average Bonchev–Trinajstić information content (AvgIpc) is 2.14. The minimum atomic E-state index is -0.201. The van der Waals surface area contributed by atoms with Crippen LogP contribution in [0.4, 0.5) is 0 Å². The van der Waals surface area contributed by atoms with Gasteiger partial charge in [0.15, 0.2) is 0 Å². The zero-order chi connectivity index (χ0) is 10.3. The first-order valence-electron chi connectivity index (χ1n) is 4.34. The SMILES string of the molecule is [B]n1c(C)nc2cc(C)ccc2c1=O. The Hall–Kier alpha value is -1.58. The number of rotatable bonds is 0. The number of fused-ring (bicyclic) bond motifs is 1. The summed E-state index contributed by atoms with van der Waals surface area (Å²) in [7, 11) is 5.53. The van der Waals surface area contributed by atoms with Crippen molar-refractivity contribution in [3.8, 4) is 0 Å². The van der Waals surface area contributed by atoms with Gasteiger partial charge in [0.1, 0.15) is 0 Å². The van der Waals surface area contributed by atoms with E-state index in [4.69, 9.17) is 7.98 Å². The number of benzene rings is 1. The van der Waals surface area contributed by atoms with E-state index in [1.807, 2.05) is 19.1 Å². The van der Waals surface area contributed by atoms with E-state index in [9.17, 15) is 4.79 Å². The first-order valence-corrected chi connectivity index (χ1v) is 4.34. The van der Waals surface area contributed by atoms with Gasteiger partial charge < -0.3 is 4.48 Å². The molecule has 2 aromatic rings. The molecule has 0 saturated heterocycles. The van der Waals surface area contributed by atoms with Gasteiger partial charge in [0.05, 0.1) is 16.7 Å². The van der Waals surface area contributed by atoms with Gasteiger partial charge in [-0.25, -0.2) is 4.98 Å². The van der Waals surface area contributed by atoms with Crippen molar-refractivity contribution in [1.82, 2.24) is 9.46 Å². The van der Waals surface area contributed by atoms with Gasteiger partial charge in [-0.1, -0.05) is 6.07 Å². The van der Waals surface area contributed by atoms with Crippen molar-refractivity contribution in [3.05, 3.63) is 39.9 Å². The van der Waals surface area contributed by atoms with E-state index in [1.165, 1.54) is 0 Å². The molecule has 0 spiro atoms. The van der Waals surface area contributed by atoms with Crippen LogP contribution in [0.3, 0.4) is 0 Å². The van der Waals surface area contributed by atoms with Crippen LogP contribution in [0.2, 0.25) is 0 Å². The second-order valence-corrected chi connectivity index (χ2v) is 3.35. The normalized spacial score (nSPS) is 10.7. The maximum atomic E-state index is 11.7. The highest BCUT2D eigenvalue weighted by atomic mass is 16.1. The summed E-state index contributed by atoms with van der Waals surface area (Å²) < 4.78 is 1.07. The van der Waals surface area contributed by atoms with Crippen molar-refractivity contribution in [2.75, 3.05) is 0 Å². The molecule has 0 atom stereocenters. The van der Waals surface area contributed by atoms with Crippen LogP contribution in [0.1, 0.15) is 11.4 Å². The number of nitrogens with zero attached hydrogens (tertiary/aromatic N) is 2. The lowest BCUT2D eigenvalue weighted by molar-refractivity contribution is 0.985. The Kier molecular flexibility index (Phi) is 1.91. The number of aromatic nitrogens is 2. The topological polar surface area (TPSA) is 34.9 Å². The molecular weight excluding hydrogens is 175 g/mol. The predicted molar refractivity (Wildman–Crippen MR) is 56.6 cm³/mol. The van der Waals surface area contributed by atoms with Gasteiger partial charge in [-0.15, -0.1) is 0 Å². The maximum absolute atomic E-state index is 11.7. The predicted octanol–water partition coefficient (Wildman–Crippen LogP) is 0.945. The van der Waals surface area contributed by atoms with Crippen LogP contribution in [0.15, 0.2) is 23.0 Å².